The van der Waals surface area contributed by atoms with Gasteiger partial charge in [-0.2, -0.15) is 0 Å². The number of nitrogens with zero attached hydrogens (tertiary/aromatic N) is 1. The Bertz CT molecular complexity index is 1570. The van der Waals surface area contributed by atoms with Crippen LogP contribution in [0.1, 0.15) is 39.4 Å². The van der Waals surface area contributed by atoms with Crippen molar-refractivity contribution >= 4 is 17.4 Å². The molecule has 0 saturated carbocycles. The summed E-state index contributed by atoms with van der Waals surface area (Å²) in [5, 5.41) is 11.5. The minimum Gasteiger partial charge on any atom is -0.507 e. The number of ketones is 1. The third-order valence-electron chi connectivity index (χ3n) is 7.10. The highest BCUT2D eigenvalue weighted by Crippen LogP contribution is 2.41. The van der Waals surface area contributed by atoms with Gasteiger partial charge in [0.15, 0.2) is 0 Å². The van der Waals surface area contributed by atoms with Crippen molar-refractivity contribution < 1.29 is 24.2 Å². The lowest BCUT2D eigenvalue weighted by molar-refractivity contribution is -0.140. The van der Waals surface area contributed by atoms with Gasteiger partial charge in [0.1, 0.15) is 23.9 Å². The number of hydrogen-bond acceptors (Lipinski definition) is 5. The normalized spacial score (nSPS) is 16.3. The number of likely N-dealkylation sites (tertiary alicyclic amines) is 1. The number of hydrogen-bond donors (Lipinski definition) is 1. The van der Waals surface area contributed by atoms with Gasteiger partial charge in [-0.1, -0.05) is 72.3 Å². The molecule has 40 heavy (non-hydrogen) atoms. The maximum atomic E-state index is 13.4. The van der Waals surface area contributed by atoms with Crippen molar-refractivity contribution in [3.8, 4) is 11.5 Å². The van der Waals surface area contributed by atoms with E-state index in [0.29, 0.717) is 23.7 Å². The van der Waals surface area contributed by atoms with E-state index in [2.05, 4.69) is 0 Å². The zero-order chi connectivity index (χ0) is 28.2. The molecule has 6 heteroatoms. The number of carbonyl (C=O) groups excluding carboxylic acids is 2. The lowest BCUT2D eigenvalue weighted by Gasteiger charge is -2.26. The van der Waals surface area contributed by atoms with Crippen LogP contribution in [0.3, 0.4) is 0 Å². The molecular weight excluding hydrogens is 502 g/mol. The molecule has 0 radical (unpaired) electrons. The smallest absolute Gasteiger partial charge is 0.295 e. The number of ether oxygens (including phenoxy) is 2. The van der Waals surface area contributed by atoms with E-state index in [4.69, 9.17) is 9.47 Å². The quantitative estimate of drug-likeness (QED) is 0.159. The van der Waals surface area contributed by atoms with E-state index in [-0.39, 0.29) is 17.9 Å². The Hall–Kier alpha value is -4.84. The fourth-order valence-electron chi connectivity index (χ4n) is 5.01. The highest BCUT2D eigenvalue weighted by Gasteiger charge is 2.46. The summed E-state index contributed by atoms with van der Waals surface area (Å²) >= 11 is 0. The number of rotatable bonds is 8. The Balaban J connectivity index is 1.51. The average molecular weight is 534 g/mol. The summed E-state index contributed by atoms with van der Waals surface area (Å²) in [5.74, 6) is -0.189. The Labute approximate surface area is 234 Å². The van der Waals surface area contributed by atoms with Gasteiger partial charge in [0, 0.05) is 12.1 Å². The number of aryl methyl sites for hydroxylation is 2. The molecule has 1 atom stereocenters. The highest BCUT2D eigenvalue weighted by atomic mass is 16.5. The molecule has 1 heterocycles. The van der Waals surface area contributed by atoms with E-state index in [9.17, 15) is 14.7 Å². The molecule has 1 amide bonds. The molecule has 1 aliphatic rings. The van der Waals surface area contributed by atoms with Gasteiger partial charge in [0.05, 0.1) is 18.7 Å². The molecule has 0 bridgehead atoms. The molecule has 1 saturated heterocycles. The van der Waals surface area contributed by atoms with Crippen molar-refractivity contribution in [1.82, 2.24) is 4.90 Å². The van der Waals surface area contributed by atoms with Crippen molar-refractivity contribution in [2.45, 2.75) is 33.0 Å². The first kappa shape index (κ1) is 26.8. The molecular formula is C34H31NO5. The fraction of sp³-hybridized carbons (Fsp3) is 0.176. The molecule has 0 spiro atoms. The van der Waals surface area contributed by atoms with Crippen LogP contribution in [0.5, 0.6) is 11.5 Å². The summed E-state index contributed by atoms with van der Waals surface area (Å²) < 4.78 is 11.2. The molecule has 4 aromatic carbocycles. The number of benzene rings is 4. The van der Waals surface area contributed by atoms with Crippen LogP contribution in [0.25, 0.3) is 5.76 Å². The first-order valence-corrected chi connectivity index (χ1v) is 13.1. The maximum Gasteiger partial charge on any atom is 0.295 e. The van der Waals surface area contributed by atoms with Crippen molar-refractivity contribution in [1.29, 1.82) is 0 Å². The van der Waals surface area contributed by atoms with Crippen LogP contribution < -0.4 is 9.47 Å². The van der Waals surface area contributed by atoms with Gasteiger partial charge < -0.3 is 19.5 Å². The first-order chi connectivity index (χ1) is 19.4. The van der Waals surface area contributed by atoms with Gasteiger partial charge in [-0.25, -0.2) is 0 Å². The van der Waals surface area contributed by atoms with Crippen LogP contribution in [0.4, 0.5) is 0 Å². The van der Waals surface area contributed by atoms with Gasteiger partial charge in [0.2, 0.25) is 0 Å². The predicted molar refractivity (Wildman–Crippen MR) is 154 cm³/mol. The molecule has 0 aliphatic carbocycles. The third-order valence-corrected chi connectivity index (χ3v) is 7.10. The molecule has 0 aromatic heterocycles. The van der Waals surface area contributed by atoms with Gasteiger partial charge >= 0.3 is 0 Å². The van der Waals surface area contributed by atoms with E-state index in [1.807, 2.05) is 92.7 Å². The SMILES string of the molecule is COc1ccc(CN2C(=O)C(=O)/C(=C(\O)c3ccc(OCc4ccccc4)c(C)c3)C2c2cccc(C)c2)cc1. The van der Waals surface area contributed by atoms with Crippen LogP contribution >= 0.6 is 0 Å². The van der Waals surface area contributed by atoms with Crippen molar-refractivity contribution in [3.63, 3.8) is 0 Å². The van der Waals surface area contributed by atoms with Crippen LogP contribution in [0.15, 0.2) is 103 Å². The van der Waals surface area contributed by atoms with Crippen LogP contribution in [-0.4, -0.2) is 28.8 Å². The molecule has 6 nitrogen and oxygen atoms in total. The Morgan fingerprint density at radius 3 is 2.27 bits per heavy atom. The van der Waals surface area contributed by atoms with Gasteiger partial charge in [-0.05, 0) is 66.4 Å². The van der Waals surface area contributed by atoms with Crippen LogP contribution in [-0.2, 0) is 22.7 Å². The fourth-order valence-corrected chi connectivity index (χ4v) is 5.01. The molecule has 202 valence electrons. The molecule has 1 unspecified atom stereocenters. The third kappa shape index (κ3) is 5.47. The van der Waals surface area contributed by atoms with E-state index >= 15 is 0 Å². The number of methoxy groups -OCH3 is 1. The molecule has 4 aromatic rings. The summed E-state index contributed by atoms with van der Waals surface area (Å²) in [5.41, 5.74) is 4.96. The number of Topliss-reactive ketones (excluding diaryl/α,β-unsaturated/α-hetero) is 1. The van der Waals surface area contributed by atoms with Gasteiger partial charge in [-0.3, -0.25) is 9.59 Å². The van der Waals surface area contributed by atoms with Gasteiger partial charge in [0.25, 0.3) is 11.7 Å². The second kappa shape index (κ2) is 11.5. The van der Waals surface area contributed by atoms with Crippen molar-refractivity contribution in [2.24, 2.45) is 0 Å². The molecule has 5 rings (SSSR count). The Kier molecular flexibility index (Phi) is 7.69. The van der Waals surface area contributed by atoms with Crippen LogP contribution in [0, 0.1) is 13.8 Å². The summed E-state index contributed by atoms with van der Waals surface area (Å²) in [6.45, 7) is 4.46. The monoisotopic (exact) mass is 533 g/mol. The summed E-state index contributed by atoms with van der Waals surface area (Å²) in [7, 11) is 1.59. The molecule has 1 aliphatic heterocycles. The summed E-state index contributed by atoms with van der Waals surface area (Å²) in [6.07, 6.45) is 0. The average Bonchev–Trinajstić information content (AvgIpc) is 3.22. The van der Waals surface area contributed by atoms with Gasteiger partial charge in [-0.15, -0.1) is 0 Å². The second-order valence-electron chi connectivity index (χ2n) is 9.94. The highest BCUT2D eigenvalue weighted by molar-refractivity contribution is 6.46. The predicted octanol–water partition coefficient (Wildman–Crippen LogP) is 6.51. The van der Waals surface area contributed by atoms with E-state index in [0.717, 1.165) is 27.8 Å². The topological polar surface area (TPSA) is 76.1 Å². The van der Waals surface area contributed by atoms with Crippen molar-refractivity contribution in [2.75, 3.05) is 7.11 Å². The van der Waals surface area contributed by atoms with Crippen LogP contribution in [0.2, 0.25) is 0 Å². The standard InChI is InChI=1S/C34H31NO5/c1-22-8-7-11-26(18-22)31-30(33(37)34(38)35(31)20-24-12-15-28(39-3)16-13-24)32(36)27-14-17-29(23(2)19-27)40-21-25-9-5-4-6-10-25/h4-19,31,36H,20-21H2,1-3H3/b32-30-. The lowest BCUT2D eigenvalue weighted by Crippen LogP contribution is -2.29. The first-order valence-electron chi connectivity index (χ1n) is 13.1. The number of carbonyl (C=O) groups is 2. The zero-order valence-electron chi connectivity index (χ0n) is 22.8. The van der Waals surface area contributed by atoms with E-state index in [1.54, 1.807) is 25.3 Å². The lowest BCUT2D eigenvalue weighted by atomic mass is 9.94. The van der Waals surface area contributed by atoms with Crippen molar-refractivity contribution in [3.05, 3.63) is 136 Å². The zero-order valence-corrected chi connectivity index (χ0v) is 22.8. The maximum absolute atomic E-state index is 13.4. The molecule has 1 fully saturated rings. The Morgan fingerprint density at radius 2 is 1.60 bits per heavy atom. The van der Waals surface area contributed by atoms with E-state index < -0.39 is 17.7 Å². The summed E-state index contributed by atoms with van der Waals surface area (Å²) in [6, 6.07) is 29.4. The van der Waals surface area contributed by atoms with E-state index in [1.165, 1.54) is 4.90 Å². The summed E-state index contributed by atoms with van der Waals surface area (Å²) in [4.78, 5) is 28.3. The second-order valence-corrected chi connectivity index (χ2v) is 9.94. The largest absolute Gasteiger partial charge is 0.507 e. The minimum atomic E-state index is -0.740. The Morgan fingerprint density at radius 1 is 0.850 bits per heavy atom. The number of amides is 1. The number of aliphatic hydroxyl groups excluding tert-OH is 1. The number of aliphatic hydroxyl groups is 1. The molecule has 1 N–H and O–H groups in total. The minimum absolute atomic E-state index is 0.0708.